The maximum Gasteiger partial charge on any atom is 0.273 e. The van der Waals surface area contributed by atoms with Crippen molar-refractivity contribution in [2.45, 2.75) is 26.8 Å². The molecular formula is C14H18N4O2. The van der Waals surface area contributed by atoms with Crippen molar-refractivity contribution in [2.75, 3.05) is 5.32 Å². The fraction of sp³-hybridized carbons (Fsp3) is 0.357. The van der Waals surface area contributed by atoms with Gasteiger partial charge in [-0.25, -0.2) is 4.68 Å². The van der Waals surface area contributed by atoms with Crippen molar-refractivity contribution < 1.29 is 4.79 Å². The molecule has 0 fully saturated rings. The van der Waals surface area contributed by atoms with Gasteiger partial charge in [0, 0.05) is 12.1 Å². The zero-order valence-corrected chi connectivity index (χ0v) is 11.8. The van der Waals surface area contributed by atoms with Gasteiger partial charge in [-0.1, -0.05) is 19.9 Å². The Kier molecular flexibility index (Phi) is 4.02. The van der Waals surface area contributed by atoms with Crippen molar-refractivity contribution in [1.29, 1.82) is 0 Å². The van der Waals surface area contributed by atoms with E-state index in [2.05, 4.69) is 29.2 Å². The van der Waals surface area contributed by atoms with E-state index in [0.717, 1.165) is 0 Å². The minimum atomic E-state index is -0.361. The lowest BCUT2D eigenvalue weighted by Gasteiger charge is -2.19. The molecule has 0 spiro atoms. The first-order valence-electron chi connectivity index (χ1n) is 6.53. The summed E-state index contributed by atoms with van der Waals surface area (Å²) in [6.45, 7) is 6.22. The third-order valence-electron chi connectivity index (χ3n) is 3.28. The van der Waals surface area contributed by atoms with Crippen LogP contribution in [0, 0.1) is 5.92 Å². The van der Waals surface area contributed by atoms with Gasteiger partial charge in [-0.05, 0) is 18.9 Å². The predicted molar refractivity (Wildman–Crippen MR) is 76.8 cm³/mol. The first kappa shape index (κ1) is 14.0. The summed E-state index contributed by atoms with van der Waals surface area (Å²) >= 11 is 0. The number of hydrogen-bond donors (Lipinski definition) is 2. The van der Waals surface area contributed by atoms with Gasteiger partial charge in [0.15, 0.2) is 0 Å². The zero-order valence-electron chi connectivity index (χ0n) is 11.8. The molecule has 0 aliphatic heterocycles. The molecular weight excluding hydrogens is 256 g/mol. The lowest BCUT2D eigenvalue weighted by atomic mass is 10.1. The molecule has 2 heterocycles. The summed E-state index contributed by atoms with van der Waals surface area (Å²) in [5, 5.41) is 6.99. The fourth-order valence-corrected chi connectivity index (χ4v) is 1.78. The summed E-state index contributed by atoms with van der Waals surface area (Å²) in [7, 11) is 0. The van der Waals surface area contributed by atoms with Crippen LogP contribution >= 0.6 is 0 Å². The first-order valence-corrected chi connectivity index (χ1v) is 6.53. The van der Waals surface area contributed by atoms with Gasteiger partial charge in [-0.2, -0.15) is 5.10 Å². The van der Waals surface area contributed by atoms with Gasteiger partial charge in [-0.3, -0.25) is 9.59 Å². The number of rotatable bonds is 4. The van der Waals surface area contributed by atoms with Gasteiger partial charge < -0.3 is 10.3 Å². The highest BCUT2D eigenvalue weighted by atomic mass is 16.2. The molecule has 0 aromatic carbocycles. The summed E-state index contributed by atoms with van der Waals surface area (Å²) in [4.78, 5) is 25.8. The number of carbonyl (C=O) groups excluding carboxylic acids is 1. The van der Waals surface area contributed by atoms with Crippen LogP contribution in [0.15, 0.2) is 35.3 Å². The minimum Gasteiger partial charge on any atom is -0.318 e. The molecule has 2 N–H and O–H groups in total. The number of nitrogens with zero attached hydrogens (tertiary/aromatic N) is 2. The van der Waals surface area contributed by atoms with Gasteiger partial charge in [0.2, 0.25) is 5.56 Å². The summed E-state index contributed by atoms with van der Waals surface area (Å²) in [5.74, 6) is 0.642. The minimum absolute atomic E-state index is 0.162. The van der Waals surface area contributed by atoms with E-state index in [1.165, 1.54) is 6.07 Å². The predicted octanol–water partition coefficient (Wildman–Crippen LogP) is 2.04. The second-order valence-electron chi connectivity index (χ2n) is 5.03. The van der Waals surface area contributed by atoms with Gasteiger partial charge in [-0.15, -0.1) is 0 Å². The number of aromatic nitrogens is 3. The Morgan fingerprint density at radius 3 is 2.70 bits per heavy atom. The molecule has 1 atom stereocenters. The number of amides is 1. The highest BCUT2D eigenvalue weighted by Crippen LogP contribution is 2.21. The molecule has 0 saturated heterocycles. The van der Waals surface area contributed by atoms with Crippen LogP contribution in [0.5, 0.6) is 0 Å². The molecule has 20 heavy (non-hydrogen) atoms. The normalized spacial score (nSPS) is 12.4. The lowest BCUT2D eigenvalue weighted by Crippen LogP contribution is -2.22. The van der Waals surface area contributed by atoms with Crippen molar-refractivity contribution in [3.05, 3.63) is 46.5 Å². The largest absolute Gasteiger partial charge is 0.318 e. The monoisotopic (exact) mass is 274 g/mol. The highest BCUT2D eigenvalue weighted by Gasteiger charge is 2.16. The Morgan fingerprint density at radius 2 is 2.05 bits per heavy atom. The van der Waals surface area contributed by atoms with E-state index in [-0.39, 0.29) is 23.2 Å². The molecule has 1 amide bonds. The van der Waals surface area contributed by atoms with Gasteiger partial charge >= 0.3 is 0 Å². The Balaban J connectivity index is 2.21. The second kappa shape index (κ2) is 5.73. The van der Waals surface area contributed by atoms with Crippen LogP contribution in [0.25, 0.3) is 0 Å². The molecule has 106 valence electrons. The molecule has 0 radical (unpaired) electrons. The Hall–Kier alpha value is -2.37. The van der Waals surface area contributed by atoms with E-state index < -0.39 is 0 Å². The zero-order chi connectivity index (χ0) is 14.7. The topological polar surface area (TPSA) is 79.8 Å². The van der Waals surface area contributed by atoms with E-state index >= 15 is 0 Å². The third-order valence-corrected chi connectivity index (χ3v) is 3.28. The van der Waals surface area contributed by atoms with Crippen LogP contribution < -0.4 is 10.9 Å². The number of aromatic amines is 1. The van der Waals surface area contributed by atoms with Gasteiger partial charge in [0.25, 0.3) is 5.91 Å². The standard InChI is InChI=1S/C14H18N4O2/c1-9(2)10(3)18-12(7-8-15-18)17-14(20)11-5-4-6-13(19)16-11/h4-10H,1-3H3,(H,16,19)(H,17,20)/t10-/m1/s1. The van der Waals surface area contributed by atoms with Crippen LogP contribution in [0.3, 0.4) is 0 Å². The van der Waals surface area contributed by atoms with Crippen molar-refractivity contribution in [3.8, 4) is 0 Å². The molecule has 0 aliphatic rings. The van der Waals surface area contributed by atoms with E-state index in [1.807, 2.05) is 6.92 Å². The Bertz CT molecular complexity index is 657. The van der Waals surface area contributed by atoms with Crippen LogP contribution in [0.4, 0.5) is 5.82 Å². The molecule has 0 saturated carbocycles. The van der Waals surface area contributed by atoms with E-state index in [4.69, 9.17) is 0 Å². The summed E-state index contributed by atoms with van der Waals surface area (Å²) in [6.07, 6.45) is 1.64. The molecule has 0 unspecified atom stereocenters. The maximum absolute atomic E-state index is 12.1. The average Bonchev–Trinajstić information content (AvgIpc) is 2.85. The molecule has 0 bridgehead atoms. The third kappa shape index (κ3) is 2.96. The quantitative estimate of drug-likeness (QED) is 0.895. The summed E-state index contributed by atoms with van der Waals surface area (Å²) < 4.78 is 1.77. The highest BCUT2D eigenvalue weighted by molar-refractivity contribution is 6.02. The average molecular weight is 274 g/mol. The van der Waals surface area contributed by atoms with Gasteiger partial charge in [0.05, 0.1) is 12.2 Å². The van der Waals surface area contributed by atoms with Crippen LogP contribution in [-0.2, 0) is 0 Å². The first-order chi connectivity index (χ1) is 9.49. The van der Waals surface area contributed by atoms with Crippen molar-refractivity contribution in [1.82, 2.24) is 14.8 Å². The Labute approximate surface area is 116 Å². The number of hydrogen-bond acceptors (Lipinski definition) is 3. The van der Waals surface area contributed by atoms with Crippen molar-refractivity contribution in [2.24, 2.45) is 5.92 Å². The molecule has 2 rings (SSSR count). The molecule has 2 aromatic rings. The molecule has 0 aliphatic carbocycles. The summed E-state index contributed by atoms with van der Waals surface area (Å²) in [5.41, 5.74) is -0.0795. The molecule has 2 aromatic heterocycles. The number of pyridine rings is 1. The summed E-state index contributed by atoms with van der Waals surface area (Å²) in [6, 6.07) is 6.36. The Morgan fingerprint density at radius 1 is 1.30 bits per heavy atom. The van der Waals surface area contributed by atoms with E-state index in [9.17, 15) is 9.59 Å². The van der Waals surface area contributed by atoms with E-state index in [0.29, 0.717) is 11.7 Å². The fourth-order valence-electron chi connectivity index (χ4n) is 1.78. The number of H-pyrrole nitrogens is 1. The molecule has 6 nitrogen and oxygen atoms in total. The van der Waals surface area contributed by atoms with Gasteiger partial charge in [0.1, 0.15) is 11.5 Å². The van der Waals surface area contributed by atoms with Crippen LogP contribution in [-0.4, -0.2) is 20.7 Å². The second-order valence-corrected chi connectivity index (χ2v) is 5.03. The molecule has 6 heteroatoms. The van der Waals surface area contributed by atoms with Crippen molar-refractivity contribution in [3.63, 3.8) is 0 Å². The lowest BCUT2D eigenvalue weighted by molar-refractivity contribution is 0.102. The maximum atomic E-state index is 12.1. The number of nitrogens with one attached hydrogen (secondary N) is 2. The van der Waals surface area contributed by atoms with E-state index in [1.54, 1.807) is 29.1 Å². The SMILES string of the molecule is CC(C)[C@@H](C)n1nccc1NC(=O)c1cccc(=O)[nH]1. The van der Waals surface area contributed by atoms with Crippen LogP contribution in [0.1, 0.15) is 37.3 Å². The number of carbonyl (C=O) groups is 1. The number of anilines is 1. The smallest absolute Gasteiger partial charge is 0.273 e. The van der Waals surface area contributed by atoms with Crippen molar-refractivity contribution >= 4 is 11.7 Å². The van der Waals surface area contributed by atoms with Crippen LogP contribution in [0.2, 0.25) is 0 Å².